The number of hydrogen-bond donors (Lipinski definition) is 5. The van der Waals surface area contributed by atoms with Crippen molar-refractivity contribution in [3.8, 4) is 0 Å². The molecule has 3 aromatic heterocycles. The van der Waals surface area contributed by atoms with Crippen LogP contribution >= 0.6 is 0 Å². The zero-order valence-electron chi connectivity index (χ0n) is 28.6. The summed E-state index contributed by atoms with van der Waals surface area (Å²) in [7, 11) is 0. The van der Waals surface area contributed by atoms with Gasteiger partial charge < -0.3 is 35.8 Å². The average molecular weight is 713 g/mol. The number of nitrogens with one attached hydrogen (secondary N) is 4. The van der Waals surface area contributed by atoms with E-state index >= 15 is 4.39 Å². The van der Waals surface area contributed by atoms with Crippen molar-refractivity contribution >= 4 is 56.9 Å². The third-order valence-corrected chi connectivity index (χ3v) is 8.44. The van der Waals surface area contributed by atoms with E-state index in [9.17, 15) is 9.59 Å². The highest BCUT2D eigenvalue weighted by Gasteiger charge is 2.22. The molecule has 3 heterocycles. The molecule has 0 spiro atoms. The molecular weight excluding hydrogens is 675 g/mol. The van der Waals surface area contributed by atoms with Gasteiger partial charge in [0.1, 0.15) is 11.2 Å². The van der Waals surface area contributed by atoms with Crippen molar-refractivity contribution in [2.45, 2.75) is 13.1 Å². The third kappa shape index (κ3) is 8.50. The molecule has 268 valence electrons. The van der Waals surface area contributed by atoms with Gasteiger partial charge in [-0.2, -0.15) is 4.98 Å². The Morgan fingerprint density at radius 2 is 1.15 bits per heavy atom. The number of benzene rings is 4. The fourth-order valence-electron chi connectivity index (χ4n) is 5.85. The lowest BCUT2D eigenvalue weighted by Crippen LogP contribution is -2.31. The van der Waals surface area contributed by atoms with E-state index in [4.69, 9.17) is 14.6 Å². The van der Waals surface area contributed by atoms with Crippen molar-refractivity contribution in [3.05, 3.63) is 144 Å². The summed E-state index contributed by atoms with van der Waals surface area (Å²) in [5.74, 6) is -1.35. The first-order chi connectivity index (χ1) is 25.9. The first kappa shape index (κ1) is 34.9. The van der Waals surface area contributed by atoms with Gasteiger partial charge in [-0.25, -0.2) is 9.37 Å². The van der Waals surface area contributed by atoms with Crippen molar-refractivity contribution in [2.75, 3.05) is 36.8 Å². The molecule has 12 nitrogen and oxygen atoms in total. The molecular formula is C40H37FN8O4. The lowest BCUT2D eigenvalue weighted by atomic mass is 10.1. The summed E-state index contributed by atoms with van der Waals surface area (Å²) in [5, 5.41) is 13.6. The number of amides is 2. The summed E-state index contributed by atoms with van der Waals surface area (Å²) in [4.78, 5) is 35.5. The van der Waals surface area contributed by atoms with Crippen LogP contribution in [0.1, 0.15) is 32.2 Å². The van der Waals surface area contributed by atoms with Crippen LogP contribution in [0.25, 0.3) is 21.9 Å². The van der Waals surface area contributed by atoms with Crippen LogP contribution in [0.5, 0.6) is 0 Å². The van der Waals surface area contributed by atoms with Crippen LogP contribution in [0, 0.1) is 5.82 Å². The van der Waals surface area contributed by atoms with E-state index in [2.05, 4.69) is 31.2 Å². The molecule has 7 aromatic rings. The maximum atomic E-state index is 15.4. The molecule has 53 heavy (non-hydrogen) atoms. The summed E-state index contributed by atoms with van der Waals surface area (Å²) in [6.45, 7) is 3.35. The van der Waals surface area contributed by atoms with E-state index in [1.165, 1.54) is 0 Å². The Morgan fingerprint density at radius 1 is 0.660 bits per heavy atom. The predicted octanol–water partition coefficient (Wildman–Crippen LogP) is 6.20. The minimum absolute atomic E-state index is 0.0925. The van der Waals surface area contributed by atoms with Crippen molar-refractivity contribution in [3.63, 3.8) is 0 Å². The maximum Gasteiger partial charge on any atom is 0.287 e. The van der Waals surface area contributed by atoms with Crippen LogP contribution in [0.15, 0.2) is 124 Å². The Labute approximate surface area is 304 Å². The van der Waals surface area contributed by atoms with E-state index in [1.54, 1.807) is 53.4 Å². The van der Waals surface area contributed by atoms with Gasteiger partial charge >= 0.3 is 0 Å². The Balaban J connectivity index is 1.06. The molecule has 0 saturated heterocycles. The van der Waals surface area contributed by atoms with Gasteiger partial charge in [0.25, 0.3) is 11.8 Å². The zero-order chi connectivity index (χ0) is 36.6. The highest BCUT2D eigenvalue weighted by atomic mass is 19.1. The number of carbonyl (C=O) groups excluding carboxylic acids is 2. The minimum Gasteiger partial charge on any atom is -0.451 e. The Bertz CT molecular complexity index is 2210. The number of carbonyl (C=O) groups is 2. The smallest absolute Gasteiger partial charge is 0.287 e. The van der Waals surface area contributed by atoms with Crippen molar-refractivity contribution < 1.29 is 22.8 Å². The molecule has 0 unspecified atom stereocenters. The van der Waals surface area contributed by atoms with Crippen LogP contribution in [-0.2, 0) is 13.1 Å². The number of aromatic nitrogens is 2. The fourth-order valence-corrected chi connectivity index (χ4v) is 5.85. The Morgan fingerprint density at radius 3 is 1.64 bits per heavy atom. The molecule has 0 fully saturated rings. The molecule has 0 aliphatic heterocycles. The predicted molar refractivity (Wildman–Crippen MR) is 202 cm³/mol. The van der Waals surface area contributed by atoms with Crippen LogP contribution in [-0.4, -0.2) is 48.0 Å². The highest BCUT2D eigenvalue weighted by Crippen LogP contribution is 2.38. The number of rotatable bonds is 15. The quantitative estimate of drug-likeness (QED) is 0.0774. The number of furan rings is 2. The molecule has 4 aromatic carbocycles. The van der Waals surface area contributed by atoms with Crippen LogP contribution < -0.4 is 31.9 Å². The first-order valence-corrected chi connectivity index (χ1v) is 17.1. The van der Waals surface area contributed by atoms with E-state index < -0.39 is 5.82 Å². The molecule has 0 saturated carbocycles. The molecule has 7 rings (SSSR count). The lowest BCUT2D eigenvalue weighted by Gasteiger charge is -2.24. The molecule has 0 radical (unpaired) electrons. The lowest BCUT2D eigenvalue weighted by molar-refractivity contribution is 0.0921. The Hall–Kier alpha value is -6.57. The topological polar surface area (TPSA) is 164 Å². The number of halogens is 1. The second-order valence-corrected chi connectivity index (χ2v) is 12.2. The number of nitrogen functional groups attached to an aromatic ring is 1. The molecule has 0 bridgehead atoms. The first-order valence-electron chi connectivity index (χ1n) is 17.1. The summed E-state index contributed by atoms with van der Waals surface area (Å²) in [5.41, 5.74) is 10.2. The summed E-state index contributed by atoms with van der Waals surface area (Å²) >= 11 is 0. The molecule has 2 amide bonds. The van der Waals surface area contributed by atoms with Gasteiger partial charge in [-0.3, -0.25) is 14.5 Å². The van der Waals surface area contributed by atoms with Gasteiger partial charge in [0, 0.05) is 61.4 Å². The standard InChI is InChI=1S/C40H37FN8O4/c41-32-25-47-40(42)48-37(32)49(30-11-13-33-28(19-30)21-35(52-33)38(50)45-17-15-43-23-26-7-3-1-4-8-26)31-12-14-34-29(20-31)22-36(53-34)39(51)46-18-16-44-24-27-9-5-2-6-10-27/h1-14,19-22,25,43-44H,15-18,23-24H2,(H,45,50)(H,46,51)(H2,42,47,48). The molecule has 6 N–H and O–H groups in total. The number of nitrogens with zero attached hydrogens (tertiary/aromatic N) is 3. The van der Waals surface area contributed by atoms with Gasteiger partial charge in [0.15, 0.2) is 23.2 Å². The highest BCUT2D eigenvalue weighted by molar-refractivity contribution is 5.99. The van der Waals surface area contributed by atoms with Crippen LogP contribution in [0.4, 0.5) is 27.5 Å². The number of hydrogen-bond acceptors (Lipinski definition) is 10. The van der Waals surface area contributed by atoms with Crippen molar-refractivity contribution in [1.29, 1.82) is 0 Å². The average Bonchev–Trinajstić information content (AvgIpc) is 3.81. The molecule has 13 heteroatoms. The number of nitrogens with two attached hydrogens (primary N) is 1. The second-order valence-electron chi connectivity index (χ2n) is 12.2. The number of fused-ring (bicyclic) bond motifs is 2. The van der Waals surface area contributed by atoms with Gasteiger partial charge in [0.05, 0.1) is 6.20 Å². The third-order valence-electron chi connectivity index (χ3n) is 8.44. The van der Waals surface area contributed by atoms with Gasteiger partial charge in [-0.05, 0) is 59.7 Å². The molecule has 0 atom stereocenters. The summed E-state index contributed by atoms with van der Waals surface area (Å²) < 4.78 is 27.1. The van der Waals surface area contributed by atoms with E-state index in [-0.39, 0.29) is 35.1 Å². The maximum absolute atomic E-state index is 15.4. The van der Waals surface area contributed by atoms with E-state index in [0.29, 0.717) is 72.6 Å². The number of anilines is 4. The fraction of sp³-hybridized carbons (Fsp3) is 0.150. The van der Waals surface area contributed by atoms with Crippen molar-refractivity contribution in [2.24, 2.45) is 0 Å². The van der Waals surface area contributed by atoms with Gasteiger partial charge in [-0.1, -0.05) is 60.7 Å². The van der Waals surface area contributed by atoms with E-state index in [1.807, 2.05) is 60.7 Å². The Kier molecular flexibility index (Phi) is 10.6. The zero-order valence-corrected chi connectivity index (χ0v) is 28.6. The summed E-state index contributed by atoms with van der Waals surface area (Å²) in [6, 6.07) is 33.6. The largest absolute Gasteiger partial charge is 0.451 e. The van der Waals surface area contributed by atoms with Crippen LogP contribution in [0.3, 0.4) is 0 Å². The molecule has 0 aliphatic rings. The van der Waals surface area contributed by atoms with Crippen LogP contribution in [0.2, 0.25) is 0 Å². The van der Waals surface area contributed by atoms with Gasteiger partial charge in [0.2, 0.25) is 5.95 Å². The monoisotopic (exact) mass is 712 g/mol. The van der Waals surface area contributed by atoms with Gasteiger partial charge in [-0.15, -0.1) is 0 Å². The SMILES string of the molecule is Nc1ncc(F)c(N(c2ccc3oc(C(=O)NCCNCc4ccccc4)cc3c2)c2ccc3oc(C(=O)NCCNCc4ccccc4)cc3c2)n1. The second kappa shape index (κ2) is 16.2. The van der Waals surface area contributed by atoms with Crippen molar-refractivity contribution in [1.82, 2.24) is 31.2 Å². The molecule has 0 aliphatic carbocycles. The van der Waals surface area contributed by atoms with E-state index in [0.717, 1.165) is 17.3 Å². The summed E-state index contributed by atoms with van der Waals surface area (Å²) in [6.07, 6.45) is 1.01. The normalized spacial score (nSPS) is 11.2. The minimum atomic E-state index is -0.708.